The first-order valence-electron chi connectivity index (χ1n) is 11.3. The van der Waals surface area contributed by atoms with Crippen molar-refractivity contribution >= 4 is 62.4 Å². The second kappa shape index (κ2) is 14.2. The molecule has 1 heterocycles. The zero-order valence-corrected chi connectivity index (χ0v) is 22.6. The molecule has 2 aromatic carbocycles. The number of aromatic nitrogens is 1. The number of thioether (sulfide) groups is 1. The van der Waals surface area contributed by atoms with Gasteiger partial charge in [-0.15, -0.1) is 24.2 Å². The van der Waals surface area contributed by atoms with Gasteiger partial charge in [0.15, 0.2) is 5.13 Å². The van der Waals surface area contributed by atoms with Crippen LogP contribution in [0.5, 0.6) is 5.75 Å². The van der Waals surface area contributed by atoms with Crippen molar-refractivity contribution in [3.63, 3.8) is 0 Å². The lowest BCUT2D eigenvalue weighted by atomic mass is 10.3. The molecule has 0 saturated heterocycles. The Morgan fingerprint density at radius 3 is 2.49 bits per heavy atom. The van der Waals surface area contributed by atoms with Crippen LogP contribution in [0, 0.1) is 10.1 Å². The van der Waals surface area contributed by atoms with Gasteiger partial charge in [-0.25, -0.2) is 4.98 Å². The van der Waals surface area contributed by atoms with E-state index in [1.54, 1.807) is 29.8 Å². The lowest BCUT2D eigenvalue weighted by Gasteiger charge is -2.24. The highest BCUT2D eigenvalue weighted by atomic mass is 35.5. The van der Waals surface area contributed by atoms with E-state index in [2.05, 4.69) is 23.7 Å². The number of hydrogen-bond acceptors (Lipinski definition) is 8. The van der Waals surface area contributed by atoms with Crippen LogP contribution in [0.3, 0.4) is 0 Å². The van der Waals surface area contributed by atoms with Gasteiger partial charge in [0.2, 0.25) is 5.91 Å². The number of benzene rings is 2. The molecule has 3 rings (SSSR count). The number of amides is 1. The van der Waals surface area contributed by atoms with Crippen LogP contribution in [-0.2, 0) is 4.79 Å². The summed E-state index contributed by atoms with van der Waals surface area (Å²) in [4.78, 5) is 33.7. The topological polar surface area (TPSA) is 88.8 Å². The number of likely N-dealkylation sites (N-methyl/N-ethyl adjacent to an activating group) is 1. The van der Waals surface area contributed by atoms with Crippen molar-refractivity contribution in [2.45, 2.75) is 31.6 Å². The Hall–Kier alpha value is -2.40. The summed E-state index contributed by atoms with van der Waals surface area (Å²) in [5, 5.41) is 11.7. The third kappa shape index (κ3) is 8.06. The fraction of sp³-hybridized carbons (Fsp3) is 0.417. The van der Waals surface area contributed by atoms with Crippen LogP contribution in [0.4, 0.5) is 10.8 Å². The summed E-state index contributed by atoms with van der Waals surface area (Å²) >= 11 is 3.04. The first kappa shape index (κ1) is 28.8. The number of fused-ring (bicyclic) bond motifs is 1. The van der Waals surface area contributed by atoms with Crippen molar-refractivity contribution in [2.75, 3.05) is 43.9 Å². The number of hydrogen-bond donors (Lipinski definition) is 0. The summed E-state index contributed by atoms with van der Waals surface area (Å²) in [5.41, 5.74) is 0.695. The Labute approximate surface area is 220 Å². The van der Waals surface area contributed by atoms with Crippen LogP contribution in [0.2, 0.25) is 0 Å². The van der Waals surface area contributed by atoms with Crippen molar-refractivity contribution in [3.8, 4) is 5.75 Å². The number of rotatable bonds is 13. The maximum atomic E-state index is 13.2. The van der Waals surface area contributed by atoms with Crippen LogP contribution in [0.15, 0.2) is 47.4 Å². The first-order chi connectivity index (χ1) is 16.4. The maximum Gasteiger partial charge on any atom is 0.270 e. The lowest BCUT2D eigenvalue weighted by Crippen LogP contribution is -2.38. The molecule has 1 aromatic heterocycles. The van der Waals surface area contributed by atoms with E-state index in [9.17, 15) is 14.9 Å². The van der Waals surface area contributed by atoms with Crippen molar-refractivity contribution in [3.05, 3.63) is 52.6 Å². The Morgan fingerprint density at radius 1 is 1.14 bits per heavy atom. The highest BCUT2D eigenvalue weighted by Crippen LogP contribution is 2.32. The van der Waals surface area contributed by atoms with E-state index in [-0.39, 0.29) is 24.0 Å². The summed E-state index contributed by atoms with van der Waals surface area (Å²) in [5.74, 6) is 1.68. The van der Waals surface area contributed by atoms with E-state index in [1.165, 1.54) is 23.5 Å². The summed E-state index contributed by atoms with van der Waals surface area (Å²) < 4.78 is 5.90. The molecule has 0 radical (unpaired) electrons. The zero-order valence-electron chi connectivity index (χ0n) is 20.1. The molecular formula is C24H31ClN4O4S2. The van der Waals surface area contributed by atoms with Gasteiger partial charge in [0, 0.05) is 36.5 Å². The molecule has 11 heteroatoms. The van der Waals surface area contributed by atoms with Crippen molar-refractivity contribution < 1.29 is 14.5 Å². The first-order valence-corrected chi connectivity index (χ1v) is 13.1. The monoisotopic (exact) mass is 538 g/mol. The number of carbonyl (C=O) groups excluding carboxylic acids is 1. The smallest absolute Gasteiger partial charge is 0.270 e. The minimum Gasteiger partial charge on any atom is -0.497 e. The summed E-state index contributed by atoms with van der Waals surface area (Å²) in [6.45, 7) is 7.29. The largest absolute Gasteiger partial charge is 0.497 e. The van der Waals surface area contributed by atoms with Crippen LogP contribution in [-0.4, -0.2) is 59.8 Å². The number of nitrogens with zero attached hydrogens (tertiary/aromatic N) is 4. The second-order valence-electron chi connectivity index (χ2n) is 7.61. The minimum absolute atomic E-state index is 0. The molecule has 0 unspecified atom stereocenters. The SMILES string of the molecule is CCN(CC)CCN(C(=O)CCCSc1ccc(OC)cc1)c1nc2ccc([N+](=O)[O-])cc2s1.Cl. The fourth-order valence-corrected chi connectivity index (χ4v) is 5.35. The van der Waals surface area contributed by atoms with E-state index in [4.69, 9.17) is 4.74 Å². The molecule has 0 atom stereocenters. The molecule has 190 valence electrons. The average Bonchev–Trinajstić information content (AvgIpc) is 3.27. The molecule has 1 amide bonds. The van der Waals surface area contributed by atoms with E-state index in [0.29, 0.717) is 28.3 Å². The molecular weight excluding hydrogens is 508 g/mol. The molecule has 8 nitrogen and oxygen atoms in total. The van der Waals surface area contributed by atoms with Gasteiger partial charge in [0.1, 0.15) is 5.75 Å². The number of halogens is 1. The normalized spacial score (nSPS) is 10.9. The minimum atomic E-state index is -0.414. The van der Waals surface area contributed by atoms with Crippen LogP contribution in [0.25, 0.3) is 10.2 Å². The highest BCUT2D eigenvalue weighted by Gasteiger charge is 2.21. The highest BCUT2D eigenvalue weighted by molar-refractivity contribution is 7.99. The Bertz CT molecular complexity index is 1110. The quantitative estimate of drug-likeness (QED) is 0.116. The number of nitro groups is 1. The van der Waals surface area contributed by atoms with Gasteiger partial charge in [-0.3, -0.25) is 19.8 Å². The third-order valence-electron chi connectivity index (χ3n) is 5.50. The van der Waals surface area contributed by atoms with Crippen LogP contribution in [0.1, 0.15) is 26.7 Å². The Kier molecular flexibility index (Phi) is 11.7. The molecule has 35 heavy (non-hydrogen) atoms. The number of thiazole rings is 1. The van der Waals surface area contributed by atoms with E-state index in [0.717, 1.165) is 42.5 Å². The van der Waals surface area contributed by atoms with Gasteiger partial charge in [-0.1, -0.05) is 25.2 Å². The average molecular weight is 539 g/mol. The number of carbonyl (C=O) groups is 1. The number of non-ortho nitro benzene ring substituents is 1. The van der Waals surface area contributed by atoms with Gasteiger partial charge in [0.25, 0.3) is 5.69 Å². The fourth-order valence-electron chi connectivity index (χ4n) is 3.46. The molecule has 0 bridgehead atoms. The summed E-state index contributed by atoms with van der Waals surface area (Å²) in [6, 6.07) is 12.5. The van der Waals surface area contributed by atoms with Gasteiger partial charge in [-0.2, -0.15) is 0 Å². The Balaban J connectivity index is 0.00000432. The van der Waals surface area contributed by atoms with Gasteiger partial charge in [0.05, 0.1) is 22.2 Å². The second-order valence-corrected chi connectivity index (χ2v) is 9.78. The number of methoxy groups -OCH3 is 1. The van der Waals surface area contributed by atoms with Crippen molar-refractivity contribution in [2.24, 2.45) is 0 Å². The number of ether oxygens (including phenoxy) is 1. The molecule has 3 aromatic rings. The number of nitro benzene ring substituents is 1. The van der Waals surface area contributed by atoms with Gasteiger partial charge >= 0.3 is 0 Å². The molecule has 0 aliphatic rings. The molecule has 0 spiro atoms. The predicted octanol–water partition coefficient (Wildman–Crippen LogP) is 5.88. The maximum absolute atomic E-state index is 13.2. The lowest BCUT2D eigenvalue weighted by molar-refractivity contribution is -0.384. The molecule has 0 aliphatic carbocycles. The summed E-state index contributed by atoms with van der Waals surface area (Å²) in [7, 11) is 1.65. The number of anilines is 1. The van der Waals surface area contributed by atoms with Crippen molar-refractivity contribution in [1.82, 2.24) is 9.88 Å². The van der Waals surface area contributed by atoms with Gasteiger partial charge < -0.3 is 9.64 Å². The van der Waals surface area contributed by atoms with E-state index < -0.39 is 4.92 Å². The third-order valence-corrected chi connectivity index (χ3v) is 7.64. The molecule has 0 aliphatic heterocycles. The van der Waals surface area contributed by atoms with E-state index >= 15 is 0 Å². The zero-order chi connectivity index (χ0) is 24.5. The van der Waals surface area contributed by atoms with E-state index in [1.807, 2.05) is 24.3 Å². The standard InChI is InChI=1S/C24H30N4O4S2.ClH/c1-4-26(5-2)14-15-27(24-25-21-13-8-18(28(30)31)17-22(21)34-24)23(29)7-6-16-33-20-11-9-19(32-3)10-12-20;/h8-13,17H,4-7,14-16H2,1-3H3;1H. The summed E-state index contributed by atoms with van der Waals surface area (Å²) in [6.07, 6.45) is 1.16. The Morgan fingerprint density at radius 2 is 1.86 bits per heavy atom. The molecule has 0 N–H and O–H groups in total. The molecule has 0 fully saturated rings. The van der Waals surface area contributed by atoms with Gasteiger partial charge in [-0.05, 0) is 55.6 Å². The van der Waals surface area contributed by atoms with Crippen LogP contribution >= 0.6 is 35.5 Å². The van der Waals surface area contributed by atoms with Crippen molar-refractivity contribution in [1.29, 1.82) is 0 Å². The van der Waals surface area contributed by atoms with Crippen LogP contribution < -0.4 is 9.64 Å². The predicted molar refractivity (Wildman–Crippen MR) is 147 cm³/mol. The molecule has 0 saturated carbocycles.